The molecule has 0 atom stereocenters. The summed E-state index contributed by atoms with van der Waals surface area (Å²) in [6, 6.07) is 85.6. The molecule has 16 rings (SSSR count). The molecule has 0 unspecified atom stereocenters. The fourth-order valence-corrected chi connectivity index (χ4v) is 12.3. The van der Waals surface area contributed by atoms with Gasteiger partial charge < -0.3 is 28.7 Å². The highest BCUT2D eigenvalue weighted by Gasteiger charge is 2.43. The Morgan fingerprint density at radius 2 is 0.514 bits per heavy atom. The molecule has 4 aliphatic heterocycles. The minimum absolute atomic E-state index is 0.129. The van der Waals surface area contributed by atoms with E-state index in [0.29, 0.717) is 0 Å². The molecule has 0 saturated heterocycles. The normalized spacial score (nSPS) is 13.0. The Balaban J connectivity index is 0.912. The molecule has 0 bridgehead atoms. The highest BCUT2D eigenvalue weighted by Crippen LogP contribution is 2.47. The molecule has 0 amide bonds. The van der Waals surface area contributed by atoms with Gasteiger partial charge in [-0.3, -0.25) is 0 Å². The quantitative estimate of drug-likeness (QED) is 0.122. The van der Waals surface area contributed by atoms with Gasteiger partial charge in [0, 0.05) is 57.9 Å². The molecule has 344 valence electrons. The monoisotopic (exact) mass is 946 g/mol. The van der Waals surface area contributed by atoms with Crippen LogP contribution < -0.4 is 61.5 Å². The van der Waals surface area contributed by atoms with Crippen molar-refractivity contribution in [1.82, 2.24) is 0 Å². The zero-order chi connectivity index (χ0) is 48.4. The smallest absolute Gasteiger partial charge is 0.260 e. The molecule has 12 aromatic carbocycles. The van der Waals surface area contributed by atoms with E-state index in [2.05, 4.69) is 228 Å². The molecule has 12 aromatic rings. The van der Waals surface area contributed by atoms with Crippen molar-refractivity contribution in [2.24, 2.45) is 0 Å². The molecule has 8 heteroatoms. The summed E-state index contributed by atoms with van der Waals surface area (Å²) in [6.45, 7) is -0.259. The van der Waals surface area contributed by atoms with Gasteiger partial charge >= 0.3 is 0 Å². The molecule has 0 radical (unpaired) electrons. The van der Waals surface area contributed by atoms with Crippen LogP contribution in [0.3, 0.4) is 0 Å². The first kappa shape index (κ1) is 41.0. The lowest BCUT2D eigenvalue weighted by molar-refractivity contribution is 0.464. The lowest BCUT2D eigenvalue weighted by Gasteiger charge is -2.35. The largest absolute Gasteiger partial charge is 0.458 e. The van der Waals surface area contributed by atoms with Gasteiger partial charge in [0.2, 0.25) is 0 Å². The Kier molecular flexibility index (Phi) is 8.83. The third-order valence-corrected chi connectivity index (χ3v) is 15.4. The first-order chi connectivity index (χ1) is 36.7. The van der Waals surface area contributed by atoms with Gasteiger partial charge in [-0.25, -0.2) is 0 Å². The zero-order valence-electron chi connectivity index (χ0n) is 39.8. The van der Waals surface area contributed by atoms with Crippen LogP contribution in [0.5, 0.6) is 46.0 Å². The lowest BCUT2D eigenvalue weighted by atomic mass is 9.34. The van der Waals surface area contributed by atoms with E-state index in [1.54, 1.807) is 0 Å². The predicted octanol–water partition coefficient (Wildman–Crippen LogP) is 13.5. The summed E-state index contributed by atoms with van der Waals surface area (Å²) in [5, 5.41) is 6.84. The minimum Gasteiger partial charge on any atom is -0.458 e. The topological polar surface area (TPSA) is 43.4 Å². The highest BCUT2D eigenvalue weighted by atomic mass is 16.5. The fourth-order valence-electron chi connectivity index (χ4n) is 12.3. The van der Waals surface area contributed by atoms with Crippen LogP contribution in [0.4, 0.5) is 34.1 Å². The summed E-state index contributed by atoms with van der Waals surface area (Å²) in [5.74, 6) is 6.43. The van der Waals surface area contributed by atoms with Crippen LogP contribution in [-0.2, 0) is 0 Å². The van der Waals surface area contributed by atoms with Crippen molar-refractivity contribution in [1.29, 1.82) is 0 Å². The fraction of sp³-hybridized carbons (Fsp3) is 0. The minimum atomic E-state index is -0.129. The standard InChI is InChI=1S/C66H40B2N2O4/c1-5-19-41(20-6-1)69(42-21-7-2-8-22-42)45-33-61-65-63(35-45)73-59-39-51-49(37-55(59)67(65)53-29-15-17-31-57(53)71-61)47-27-13-14-28-48(47)50-38-56-60(40-52(50)51)74-64-36-46(34-62-66(64)68(56)54-30-16-18-32-58(54)72-62)70(43-23-9-3-10-24-43)44-25-11-4-12-26-44/h1-40H. The molecule has 0 aliphatic carbocycles. The molecule has 4 heterocycles. The molecular formula is C66H40B2N2O4. The van der Waals surface area contributed by atoms with Gasteiger partial charge in [-0.2, -0.15) is 0 Å². The van der Waals surface area contributed by atoms with Crippen molar-refractivity contribution < 1.29 is 18.9 Å². The van der Waals surface area contributed by atoms with Gasteiger partial charge in [-0.15, -0.1) is 0 Å². The van der Waals surface area contributed by atoms with Crippen LogP contribution >= 0.6 is 0 Å². The molecule has 4 aliphatic rings. The molecule has 0 spiro atoms. The Morgan fingerprint density at radius 1 is 0.216 bits per heavy atom. The van der Waals surface area contributed by atoms with Crippen LogP contribution in [0, 0.1) is 0 Å². The van der Waals surface area contributed by atoms with Gasteiger partial charge in [0.1, 0.15) is 46.0 Å². The Hall–Kier alpha value is -9.65. The van der Waals surface area contributed by atoms with Crippen LogP contribution in [0.15, 0.2) is 243 Å². The van der Waals surface area contributed by atoms with Crippen molar-refractivity contribution in [3.8, 4) is 46.0 Å². The number of ether oxygens (including phenoxy) is 4. The Bertz CT molecular complexity index is 3930. The van der Waals surface area contributed by atoms with E-state index in [4.69, 9.17) is 18.9 Å². The van der Waals surface area contributed by atoms with Gasteiger partial charge in [0.05, 0.1) is 11.4 Å². The molecular weight excluding hydrogens is 906 g/mol. The second-order valence-corrected chi connectivity index (χ2v) is 19.5. The maximum Gasteiger partial charge on any atom is 0.260 e. The van der Waals surface area contributed by atoms with E-state index in [1.165, 1.54) is 10.8 Å². The number of hydrogen-bond donors (Lipinski definition) is 0. The van der Waals surface area contributed by atoms with E-state index in [9.17, 15) is 0 Å². The van der Waals surface area contributed by atoms with Crippen LogP contribution in [0.25, 0.3) is 32.3 Å². The zero-order valence-corrected chi connectivity index (χ0v) is 39.8. The number of anilines is 6. The van der Waals surface area contributed by atoms with Crippen molar-refractivity contribution in [2.45, 2.75) is 0 Å². The van der Waals surface area contributed by atoms with E-state index in [0.717, 1.165) is 134 Å². The predicted molar refractivity (Wildman–Crippen MR) is 304 cm³/mol. The van der Waals surface area contributed by atoms with E-state index >= 15 is 0 Å². The van der Waals surface area contributed by atoms with Gasteiger partial charge in [-0.1, -0.05) is 146 Å². The highest BCUT2D eigenvalue weighted by molar-refractivity contribution is 6.99. The van der Waals surface area contributed by atoms with Crippen molar-refractivity contribution in [3.05, 3.63) is 243 Å². The summed E-state index contributed by atoms with van der Waals surface area (Å²) in [4.78, 5) is 4.53. The molecule has 0 aromatic heterocycles. The number of para-hydroxylation sites is 6. The third kappa shape index (κ3) is 6.15. The Morgan fingerprint density at radius 3 is 0.878 bits per heavy atom. The lowest BCUT2D eigenvalue weighted by Crippen LogP contribution is -2.57. The Labute approximate surface area is 428 Å². The summed E-state index contributed by atoms with van der Waals surface area (Å²) in [5.41, 5.74) is 12.5. The maximum atomic E-state index is 7.28. The van der Waals surface area contributed by atoms with Gasteiger partial charge in [0.15, 0.2) is 0 Å². The number of rotatable bonds is 6. The average Bonchev–Trinajstić information content (AvgIpc) is 3.53. The second-order valence-electron chi connectivity index (χ2n) is 19.5. The SMILES string of the molecule is c1ccc(N(c2ccccc2)c2cc3c4c(c2)Oc2cc5c6cc7c(cc6c6ccccc6c5cc2B4c2ccccc2O3)B2c3ccccc3Oc3cc(N(c4ccccc4)c4ccccc4)cc(c32)O7)cc1. The first-order valence-corrected chi connectivity index (χ1v) is 25.2. The number of benzene rings is 12. The second kappa shape index (κ2) is 15.9. The van der Waals surface area contributed by atoms with Crippen molar-refractivity contribution >= 4 is 113 Å². The third-order valence-electron chi connectivity index (χ3n) is 15.4. The molecule has 0 saturated carbocycles. The first-order valence-electron chi connectivity index (χ1n) is 25.2. The molecule has 6 nitrogen and oxygen atoms in total. The van der Waals surface area contributed by atoms with Crippen LogP contribution in [0.1, 0.15) is 0 Å². The molecule has 74 heavy (non-hydrogen) atoms. The summed E-state index contributed by atoms with van der Waals surface area (Å²) < 4.78 is 28.3. The van der Waals surface area contributed by atoms with Gasteiger partial charge in [-0.05, 0) is 127 Å². The van der Waals surface area contributed by atoms with E-state index in [-0.39, 0.29) is 13.4 Å². The van der Waals surface area contributed by atoms with Crippen LogP contribution in [0.2, 0.25) is 0 Å². The summed E-state index contributed by atoms with van der Waals surface area (Å²) in [6.07, 6.45) is 0. The summed E-state index contributed by atoms with van der Waals surface area (Å²) >= 11 is 0. The van der Waals surface area contributed by atoms with Crippen molar-refractivity contribution in [2.75, 3.05) is 9.80 Å². The maximum absolute atomic E-state index is 7.28. The average molecular weight is 947 g/mol. The van der Waals surface area contributed by atoms with Crippen LogP contribution in [-0.4, -0.2) is 13.4 Å². The summed E-state index contributed by atoms with van der Waals surface area (Å²) in [7, 11) is 0. The number of hydrogen-bond acceptors (Lipinski definition) is 6. The number of nitrogens with zero attached hydrogens (tertiary/aromatic N) is 2. The van der Waals surface area contributed by atoms with Crippen molar-refractivity contribution in [3.63, 3.8) is 0 Å². The number of fused-ring (bicyclic) bond motifs is 14. The van der Waals surface area contributed by atoms with Gasteiger partial charge in [0.25, 0.3) is 13.4 Å². The molecule has 0 fully saturated rings. The van der Waals surface area contributed by atoms with E-state index in [1.807, 2.05) is 24.3 Å². The molecule has 0 N–H and O–H groups in total. The van der Waals surface area contributed by atoms with E-state index < -0.39 is 0 Å².